The molecule has 0 fully saturated rings. The van der Waals surface area contributed by atoms with Crippen molar-refractivity contribution in [2.45, 2.75) is 155 Å². The van der Waals surface area contributed by atoms with Crippen LogP contribution in [0.4, 0.5) is 0 Å². The molecule has 0 spiro atoms. The number of phosphoric ester groups is 1. The van der Waals surface area contributed by atoms with Crippen LogP contribution in [0.3, 0.4) is 0 Å². The van der Waals surface area contributed by atoms with E-state index in [1.165, 1.54) is 70.6 Å². The maximum absolute atomic E-state index is 12.3. The Morgan fingerprint density at radius 3 is 1.68 bits per heavy atom. The van der Waals surface area contributed by atoms with E-state index in [9.17, 15) is 14.3 Å². The lowest BCUT2D eigenvalue weighted by Gasteiger charge is -2.19. The molecule has 0 aromatic heterocycles. The summed E-state index contributed by atoms with van der Waals surface area (Å²) in [6.07, 6.45) is 47.4. The van der Waals surface area contributed by atoms with E-state index in [1.807, 2.05) is 6.08 Å². The summed E-state index contributed by atoms with van der Waals surface area (Å²) in [6.45, 7) is 4.01. The van der Waals surface area contributed by atoms with Crippen molar-refractivity contribution in [3.05, 3.63) is 73.1 Å². The number of carbonyl (C=O) groups excluding carboxylic acids is 1. The second kappa shape index (κ2) is 38.0. The first kappa shape index (κ1) is 47.8. The fraction of sp³-hybridized carbons (Fsp3) is 0.683. The molecule has 0 radical (unpaired) electrons. The standard InChI is InChI=1S/C41H72NO7P/c1-3-5-7-9-11-13-15-17-19-20-21-22-24-26-28-30-32-34-41(43)47-38-40(39-49-50(44,45)48-37-35-42)46-36-33-31-29-27-25-23-18-16-14-12-10-8-6-4-2/h5,7,11,13,17,19,21-22,26,28,33,36,40H,3-4,6,8-10,12,14-16,18,20,23-25,27,29-32,34-35,37-39,42H2,1-2H3,(H,44,45). The van der Waals surface area contributed by atoms with E-state index < -0.39 is 13.9 Å². The molecule has 0 rings (SSSR count). The monoisotopic (exact) mass is 722 g/mol. The van der Waals surface area contributed by atoms with E-state index in [0.29, 0.717) is 6.42 Å². The van der Waals surface area contributed by atoms with E-state index in [-0.39, 0.29) is 38.8 Å². The zero-order valence-electron chi connectivity index (χ0n) is 31.6. The number of ether oxygens (including phenoxy) is 2. The van der Waals surface area contributed by atoms with E-state index in [1.54, 1.807) is 6.26 Å². The third-order valence-electron chi connectivity index (χ3n) is 7.73. The lowest BCUT2D eigenvalue weighted by molar-refractivity contribution is -0.147. The molecule has 0 aliphatic rings. The molecule has 0 heterocycles. The van der Waals surface area contributed by atoms with Gasteiger partial charge in [0.05, 0.1) is 19.5 Å². The smallest absolute Gasteiger partial charge is 0.472 e. The summed E-state index contributed by atoms with van der Waals surface area (Å²) in [5, 5.41) is 0. The van der Waals surface area contributed by atoms with Crippen LogP contribution in [0.15, 0.2) is 73.1 Å². The van der Waals surface area contributed by atoms with Gasteiger partial charge in [-0.25, -0.2) is 4.57 Å². The van der Waals surface area contributed by atoms with Crippen LogP contribution in [0.25, 0.3) is 0 Å². The van der Waals surface area contributed by atoms with Gasteiger partial charge in [0.15, 0.2) is 6.10 Å². The summed E-state index contributed by atoms with van der Waals surface area (Å²) in [7, 11) is -4.28. The van der Waals surface area contributed by atoms with Crippen LogP contribution in [-0.2, 0) is 27.9 Å². The molecule has 3 N–H and O–H groups in total. The van der Waals surface area contributed by atoms with Crippen LogP contribution in [0.5, 0.6) is 0 Å². The van der Waals surface area contributed by atoms with Crippen molar-refractivity contribution >= 4 is 13.8 Å². The summed E-state index contributed by atoms with van der Waals surface area (Å²) in [5.41, 5.74) is 5.35. The Kier molecular flexibility index (Phi) is 36.3. The van der Waals surface area contributed by atoms with Crippen LogP contribution in [-0.4, -0.2) is 43.3 Å². The van der Waals surface area contributed by atoms with Crippen molar-refractivity contribution in [1.82, 2.24) is 0 Å². The average Bonchev–Trinajstić information content (AvgIpc) is 3.11. The number of rotatable bonds is 36. The number of phosphoric acid groups is 1. The van der Waals surface area contributed by atoms with E-state index in [2.05, 4.69) is 74.6 Å². The van der Waals surface area contributed by atoms with Crippen LogP contribution in [0.1, 0.15) is 149 Å². The largest absolute Gasteiger partial charge is 0.492 e. The van der Waals surface area contributed by atoms with Gasteiger partial charge in [-0.1, -0.05) is 145 Å². The summed E-state index contributed by atoms with van der Waals surface area (Å²) in [5.74, 6) is -0.349. The minimum atomic E-state index is -4.28. The van der Waals surface area contributed by atoms with Gasteiger partial charge in [-0.15, -0.1) is 0 Å². The maximum Gasteiger partial charge on any atom is 0.472 e. The van der Waals surface area contributed by atoms with Crippen LogP contribution in [0.2, 0.25) is 0 Å². The predicted octanol–water partition coefficient (Wildman–Crippen LogP) is 11.5. The fourth-order valence-electron chi connectivity index (χ4n) is 4.84. The van der Waals surface area contributed by atoms with Crippen LogP contribution in [0, 0.1) is 0 Å². The topological polar surface area (TPSA) is 117 Å². The Labute approximate surface area is 305 Å². The predicted molar refractivity (Wildman–Crippen MR) is 210 cm³/mol. The van der Waals surface area contributed by atoms with Crippen LogP contribution >= 0.6 is 7.82 Å². The van der Waals surface area contributed by atoms with Gasteiger partial charge in [0.1, 0.15) is 6.61 Å². The number of unbranched alkanes of at least 4 members (excludes halogenated alkanes) is 13. The minimum Gasteiger partial charge on any atom is -0.492 e. The van der Waals surface area contributed by atoms with Gasteiger partial charge in [-0.05, 0) is 63.9 Å². The lowest BCUT2D eigenvalue weighted by atomic mass is 10.0. The molecule has 288 valence electrons. The quantitative estimate of drug-likeness (QED) is 0.0216. The van der Waals surface area contributed by atoms with Gasteiger partial charge >= 0.3 is 13.8 Å². The molecule has 9 heteroatoms. The number of esters is 1. The van der Waals surface area contributed by atoms with Crippen molar-refractivity contribution in [2.75, 3.05) is 26.4 Å². The number of hydrogen-bond acceptors (Lipinski definition) is 7. The minimum absolute atomic E-state index is 0.0902. The number of allylic oxidation sites excluding steroid dienone is 11. The zero-order chi connectivity index (χ0) is 36.6. The molecule has 0 aliphatic heterocycles. The van der Waals surface area contributed by atoms with Crippen molar-refractivity contribution < 1.29 is 32.8 Å². The molecule has 0 saturated carbocycles. The highest BCUT2D eigenvalue weighted by atomic mass is 31.2. The molecule has 8 nitrogen and oxygen atoms in total. The van der Waals surface area contributed by atoms with Gasteiger partial charge < -0.3 is 20.1 Å². The van der Waals surface area contributed by atoms with Gasteiger partial charge in [-0.3, -0.25) is 13.8 Å². The molecular weight excluding hydrogens is 649 g/mol. The van der Waals surface area contributed by atoms with Crippen molar-refractivity contribution in [3.8, 4) is 0 Å². The van der Waals surface area contributed by atoms with E-state index in [4.69, 9.17) is 24.3 Å². The Balaban J connectivity index is 4.25. The number of carbonyl (C=O) groups is 1. The zero-order valence-corrected chi connectivity index (χ0v) is 32.5. The molecule has 2 unspecified atom stereocenters. The van der Waals surface area contributed by atoms with E-state index in [0.717, 1.165) is 51.4 Å². The molecular formula is C41H72NO7P. The molecule has 0 saturated heterocycles. The normalized spacial score (nSPS) is 14.3. The second-order valence-corrected chi connectivity index (χ2v) is 13.9. The van der Waals surface area contributed by atoms with Gasteiger partial charge in [-0.2, -0.15) is 0 Å². The van der Waals surface area contributed by atoms with Crippen LogP contribution < -0.4 is 5.73 Å². The molecule has 0 bridgehead atoms. The Morgan fingerprint density at radius 2 is 1.14 bits per heavy atom. The summed E-state index contributed by atoms with van der Waals surface area (Å²) < 4.78 is 33.0. The highest BCUT2D eigenvalue weighted by molar-refractivity contribution is 7.47. The first-order chi connectivity index (χ1) is 24.4. The van der Waals surface area contributed by atoms with Crippen molar-refractivity contribution in [2.24, 2.45) is 5.73 Å². The fourth-order valence-corrected chi connectivity index (χ4v) is 5.60. The molecule has 0 aromatic rings. The Morgan fingerprint density at radius 1 is 0.640 bits per heavy atom. The summed E-state index contributed by atoms with van der Waals surface area (Å²) in [6, 6.07) is 0. The number of nitrogens with two attached hydrogens (primary N) is 1. The molecule has 0 aromatic carbocycles. The summed E-state index contributed by atoms with van der Waals surface area (Å²) >= 11 is 0. The van der Waals surface area contributed by atoms with Crippen molar-refractivity contribution in [3.63, 3.8) is 0 Å². The molecule has 0 amide bonds. The Hall–Kier alpha value is -2.22. The third-order valence-corrected chi connectivity index (χ3v) is 8.71. The average molecular weight is 722 g/mol. The molecule has 0 aliphatic carbocycles. The first-order valence-corrected chi connectivity index (χ1v) is 21.0. The van der Waals surface area contributed by atoms with Gasteiger partial charge in [0.25, 0.3) is 0 Å². The Bertz CT molecular complexity index is 989. The third kappa shape index (κ3) is 37.0. The lowest BCUT2D eigenvalue weighted by Crippen LogP contribution is -2.25. The summed E-state index contributed by atoms with van der Waals surface area (Å²) in [4.78, 5) is 22.2. The van der Waals surface area contributed by atoms with Gasteiger partial charge in [0, 0.05) is 13.0 Å². The molecule has 2 atom stereocenters. The first-order valence-electron chi connectivity index (χ1n) is 19.5. The van der Waals surface area contributed by atoms with Crippen molar-refractivity contribution in [1.29, 1.82) is 0 Å². The SMILES string of the molecule is CCC=CCC=CCC=CCC=CCC=CCCCC(=O)OCC(COP(=O)(O)OCCN)OC=CCCCCCCCCCCCCCC. The van der Waals surface area contributed by atoms with Gasteiger partial charge in [0.2, 0.25) is 0 Å². The highest BCUT2D eigenvalue weighted by Gasteiger charge is 2.24. The van der Waals surface area contributed by atoms with E-state index >= 15 is 0 Å². The number of hydrogen-bond donors (Lipinski definition) is 2. The highest BCUT2D eigenvalue weighted by Crippen LogP contribution is 2.43. The molecule has 50 heavy (non-hydrogen) atoms. The maximum atomic E-state index is 12.3. The second-order valence-electron chi connectivity index (χ2n) is 12.5.